The zero-order valence-corrected chi connectivity index (χ0v) is 22.4. The molecule has 41 heavy (non-hydrogen) atoms. The number of ether oxygens (including phenoxy) is 3. The van der Waals surface area contributed by atoms with E-state index >= 15 is 0 Å². The van der Waals surface area contributed by atoms with Gasteiger partial charge in [-0.25, -0.2) is 14.0 Å². The standard InChI is InChI=1S/C29H29FN2O3.C2H2O4/c30-25-10-8-24(9-11-25)29(26-12-7-21(19-31)18-23(26)20-35-29)13-3-15-32-14-2-5-22-4-1-6-27-28(22)34-17-16-33-27;3-1(4)2(5)6/h1,4,6-12,18,32H,2-3,5,13-17,20H2;(H,3,4)(H,5,6). The van der Waals surface area contributed by atoms with Crippen LogP contribution in [0.5, 0.6) is 11.5 Å². The van der Waals surface area contributed by atoms with Crippen LogP contribution in [-0.4, -0.2) is 48.5 Å². The van der Waals surface area contributed by atoms with E-state index in [4.69, 9.17) is 34.0 Å². The molecule has 0 radical (unpaired) electrons. The molecule has 1 unspecified atom stereocenters. The van der Waals surface area contributed by atoms with Crippen molar-refractivity contribution in [3.8, 4) is 17.6 Å². The Morgan fingerprint density at radius 1 is 0.976 bits per heavy atom. The Labute approximate surface area is 237 Å². The van der Waals surface area contributed by atoms with Crippen molar-refractivity contribution in [2.75, 3.05) is 26.3 Å². The molecule has 3 aromatic carbocycles. The number of aliphatic carboxylic acids is 2. The number of hydrogen-bond donors (Lipinski definition) is 3. The maximum Gasteiger partial charge on any atom is 0.414 e. The van der Waals surface area contributed by atoms with Crippen LogP contribution >= 0.6 is 0 Å². The summed E-state index contributed by atoms with van der Waals surface area (Å²) in [6.07, 6.45) is 3.59. The van der Waals surface area contributed by atoms with Crippen molar-refractivity contribution in [2.24, 2.45) is 0 Å². The van der Waals surface area contributed by atoms with Gasteiger partial charge in [0.2, 0.25) is 0 Å². The van der Waals surface area contributed by atoms with E-state index in [0.29, 0.717) is 25.4 Å². The highest BCUT2D eigenvalue weighted by molar-refractivity contribution is 6.27. The normalized spacial score (nSPS) is 16.6. The fraction of sp³-hybridized carbons (Fsp3) is 0.323. The van der Waals surface area contributed by atoms with E-state index in [1.165, 1.54) is 17.7 Å². The Balaban J connectivity index is 0.000000585. The van der Waals surface area contributed by atoms with Gasteiger partial charge in [-0.05, 0) is 91.4 Å². The molecule has 0 spiro atoms. The van der Waals surface area contributed by atoms with Gasteiger partial charge in [-0.2, -0.15) is 5.26 Å². The topological polar surface area (TPSA) is 138 Å². The predicted octanol–water partition coefficient (Wildman–Crippen LogP) is 4.40. The van der Waals surface area contributed by atoms with Gasteiger partial charge >= 0.3 is 11.9 Å². The number of rotatable bonds is 9. The zero-order valence-electron chi connectivity index (χ0n) is 22.4. The minimum atomic E-state index is -1.82. The minimum absolute atomic E-state index is 0.264. The molecule has 0 aliphatic carbocycles. The number of para-hydroxylation sites is 1. The van der Waals surface area contributed by atoms with Crippen LogP contribution in [0.2, 0.25) is 0 Å². The highest BCUT2D eigenvalue weighted by Crippen LogP contribution is 2.45. The van der Waals surface area contributed by atoms with E-state index in [0.717, 1.165) is 67.0 Å². The number of hydrogen-bond acceptors (Lipinski definition) is 7. The molecule has 10 heteroatoms. The monoisotopic (exact) mass is 562 g/mol. The molecule has 0 amide bonds. The number of carboxylic acids is 2. The summed E-state index contributed by atoms with van der Waals surface area (Å²) in [5.74, 6) is -2.19. The Morgan fingerprint density at radius 2 is 1.71 bits per heavy atom. The molecule has 0 fully saturated rings. The molecule has 3 N–H and O–H groups in total. The van der Waals surface area contributed by atoms with Crippen LogP contribution in [0.25, 0.3) is 0 Å². The first-order valence-corrected chi connectivity index (χ1v) is 13.3. The first-order valence-electron chi connectivity index (χ1n) is 13.3. The van der Waals surface area contributed by atoms with Crippen LogP contribution in [0.4, 0.5) is 4.39 Å². The van der Waals surface area contributed by atoms with Gasteiger partial charge in [-0.1, -0.05) is 30.3 Å². The molecule has 2 aliphatic rings. The van der Waals surface area contributed by atoms with Crippen molar-refractivity contribution < 1.29 is 38.4 Å². The van der Waals surface area contributed by atoms with E-state index in [9.17, 15) is 9.65 Å². The Bertz CT molecular complexity index is 1410. The largest absolute Gasteiger partial charge is 0.486 e. The lowest BCUT2D eigenvalue weighted by molar-refractivity contribution is -0.159. The van der Waals surface area contributed by atoms with Crippen LogP contribution in [0.3, 0.4) is 0 Å². The van der Waals surface area contributed by atoms with Gasteiger partial charge < -0.3 is 29.7 Å². The van der Waals surface area contributed by atoms with Crippen LogP contribution < -0.4 is 14.8 Å². The Hall–Kier alpha value is -4.46. The summed E-state index contributed by atoms with van der Waals surface area (Å²) in [4.78, 5) is 18.2. The molecule has 0 saturated heterocycles. The van der Waals surface area contributed by atoms with Gasteiger partial charge in [0, 0.05) is 0 Å². The van der Waals surface area contributed by atoms with Crippen molar-refractivity contribution in [1.82, 2.24) is 5.32 Å². The molecule has 0 aromatic heterocycles. The first-order chi connectivity index (χ1) is 19.8. The summed E-state index contributed by atoms with van der Waals surface area (Å²) in [5, 5.41) is 27.6. The molecule has 0 bridgehead atoms. The van der Waals surface area contributed by atoms with E-state index in [1.54, 1.807) is 0 Å². The fourth-order valence-corrected chi connectivity index (χ4v) is 5.09. The number of carbonyl (C=O) groups is 2. The summed E-state index contributed by atoms with van der Waals surface area (Å²) < 4.78 is 31.5. The molecule has 1 atom stereocenters. The minimum Gasteiger partial charge on any atom is -0.486 e. The SMILES string of the molecule is N#Cc1ccc2c(c1)COC2(CCCNCCCc1cccc2c1OCCO2)c1ccc(F)cc1.O=C(O)C(=O)O. The van der Waals surface area contributed by atoms with Gasteiger partial charge in [0.25, 0.3) is 0 Å². The Kier molecular flexibility index (Phi) is 9.90. The van der Waals surface area contributed by atoms with Crippen LogP contribution in [0.1, 0.15) is 47.1 Å². The van der Waals surface area contributed by atoms with Crippen LogP contribution in [0.15, 0.2) is 60.7 Å². The predicted molar refractivity (Wildman–Crippen MR) is 146 cm³/mol. The first kappa shape index (κ1) is 29.5. The second kappa shape index (κ2) is 13.7. The third-order valence-corrected chi connectivity index (χ3v) is 6.97. The fourth-order valence-electron chi connectivity index (χ4n) is 5.09. The maximum atomic E-state index is 13.6. The molecule has 9 nitrogen and oxygen atoms in total. The van der Waals surface area contributed by atoms with Crippen molar-refractivity contribution in [3.05, 3.63) is 94.3 Å². The van der Waals surface area contributed by atoms with Gasteiger partial charge in [0.1, 0.15) is 24.6 Å². The molecular formula is C31H31FN2O7. The number of nitrogens with one attached hydrogen (secondary N) is 1. The van der Waals surface area contributed by atoms with Crippen molar-refractivity contribution >= 4 is 11.9 Å². The van der Waals surface area contributed by atoms with E-state index in [-0.39, 0.29) is 5.82 Å². The Morgan fingerprint density at radius 3 is 2.44 bits per heavy atom. The molecular weight excluding hydrogens is 531 g/mol. The molecule has 0 saturated carbocycles. The lowest BCUT2D eigenvalue weighted by atomic mass is 9.81. The summed E-state index contributed by atoms with van der Waals surface area (Å²) >= 11 is 0. The molecule has 2 aliphatic heterocycles. The van der Waals surface area contributed by atoms with Crippen molar-refractivity contribution in [2.45, 2.75) is 37.9 Å². The van der Waals surface area contributed by atoms with E-state index in [2.05, 4.69) is 17.5 Å². The van der Waals surface area contributed by atoms with Crippen LogP contribution in [-0.2, 0) is 33.0 Å². The third kappa shape index (κ3) is 7.20. The number of nitrogens with zero attached hydrogens (tertiary/aromatic N) is 1. The van der Waals surface area contributed by atoms with Crippen molar-refractivity contribution in [1.29, 1.82) is 5.26 Å². The highest BCUT2D eigenvalue weighted by atomic mass is 19.1. The van der Waals surface area contributed by atoms with Gasteiger partial charge in [-0.3, -0.25) is 0 Å². The maximum absolute atomic E-state index is 13.6. The second-order valence-electron chi connectivity index (χ2n) is 9.62. The highest BCUT2D eigenvalue weighted by Gasteiger charge is 2.41. The van der Waals surface area contributed by atoms with E-state index < -0.39 is 17.5 Å². The smallest absolute Gasteiger partial charge is 0.414 e. The molecule has 5 rings (SSSR count). The summed E-state index contributed by atoms with van der Waals surface area (Å²) in [5.41, 5.74) is 4.22. The zero-order chi connectivity index (χ0) is 29.2. The molecule has 214 valence electrons. The lowest BCUT2D eigenvalue weighted by Crippen LogP contribution is -2.29. The lowest BCUT2D eigenvalue weighted by Gasteiger charge is -2.30. The third-order valence-electron chi connectivity index (χ3n) is 6.97. The number of aryl methyl sites for hydroxylation is 1. The van der Waals surface area contributed by atoms with Gasteiger partial charge in [0.15, 0.2) is 11.5 Å². The summed E-state index contributed by atoms with van der Waals surface area (Å²) in [7, 11) is 0. The van der Waals surface area contributed by atoms with Crippen molar-refractivity contribution in [3.63, 3.8) is 0 Å². The number of carboxylic acid groups (broad SMARTS) is 2. The molecule has 2 heterocycles. The number of benzene rings is 3. The second-order valence-corrected chi connectivity index (χ2v) is 9.62. The number of nitriles is 1. The van der Waals surface area contributed by atoms with Gasteiger partial charge in [0.05, 0.1) is 18.2 Å². The average Bonchev–Trinajstić information content (AvgIpc) is 3.36. The number of halogens is 1. The molecule has 3 aromatic rings. The summed E-state index contributed by atoms with van der Waals surface area (Å²) in [6, 6.07) is 20.6. The number of fused-ring (bicyclic) bond motifs is 2. The quantitative estimate of drug-likeness (QED) is 0.256. The van der Waals surface area contributed by atoms with Crippen LogP contribution in [0, 0.1) is 17.1 Å². The van der Waals surface area contributed by atoms with Gasteiger partial charge in [-0.15, -0.1) is 0 Å². The average molecular weight is 563 g/mol. The van der Waals surface area contributed by atoms with E-state index in [1.807, 2.05) is 42.5 Å². The summed E-state index contributed by atoms with van der Waals surface area (Å²) in [6.45, 7) is 3.40.